The molecule has 1 heterocycles. The number of aliphatic carboxylic acids is 1. The van der Waals surface area contributed by atoms with Crippen LogP contribution in [0.1, 0.15) is 42.7 Å². The summed E-state index contributed by atoms with van der Waals surface area (Å²) in [6, 6.07) is 16.5. The summed E-state index contributed by atoms with van der Waals surface area (Å²) >= 11 is 0. The molecule has 2 aromatic carbocycles. The number of hydrogen-bond acceptors (Lipinski definition) is 4. The van der Waals surface area contributed by atoms with E-state index in [1.807, 2.05) is 24.3 Å². The average Bonchev–Trinajstić information content (AvgIpc) is 3.04. The molecule has 0 aromatic heterocycles. The molecule has 1 aliphatic heterocycles. The fourth-order valence-corrected chi connectivity index (χ4v) is 5.06. The highest BCUT2D eigenvalue weighted by Gasteiger charge is 2.50. The minimum absolute atomic E-state index is 0.00884. The molecule has 5 rings (SSSR count). The molecule has 6 nitrogen and oxygen atoms in total. The normalized spacial score (nSPS) is 21.6. The first kappa shape index (κ1) is 19.1. The molecule has 30 heavy (non-hydrogen) atoms. The van der Waals surface area contributed by atoms with Gasteiger partial charge in [0.05, 0.1) is 31.2 Å². The summed E-state index contributed by atoms with van der Waals surface area (Å²) in [5.74, 6) is -0.911. The first-order valence-corrected chi connectivity index (χ1v) is 10.5. The van der Waals surface area contributed by atoms with Gasteiger partial charge in [-0.05, 0) is 41.5 Å². The van der Waals surface area contributed by atoms with Gasteiger partial charge in [0.15, 0.2) is 0 Å². The molecule has 2 fully saturated rings. The summed E-state index contributed by atoms with van der Waals surface area (Å²) in [7, 11) is 0. The van der Waals surface area contributed by atoms with Gasteiger partial charge in [-0.3, -0.25) is 9.69 Å². The number of rotatable bonds is 4. The predicted octanol–water partition coefficient (Wildman–Crippen LogP) is 4.03. The Morgan fingerprint density at radius 3 is 2.27 bits per heavy atom. The van der Waals surface area contributed by atoms with Gasteiger partial charge in [-0.2, -0.15) is 0 Å². The van der Waals surface area contributed by atoms with Crippen LogP contribution in [-0.2, 0) is 14.3 Å². The number of amides is 1. The first-order chi connectivity index (χ1) is 14.6. The fraction of sp³-hybridized carbons (Fsp3) is 0.417. The Morgan fingerprint density at radius 1 is 1.07 bits per heavy atom. The predicted molar refractivity (Wildman–Crippen MR) is 110 cm³/mol. The summed E-state index contributed by atoms with van der Waals surface area (Å²) in [4.78, 5) is 26.0. The smallest absolute Gasteiger partial charge is 0.410 e. The molecular weight excluding hydrogens is 382 g/mol. The Hall–Kier alpha value is -2.86. The van der Waals surface area contributed by atoms with Crippen LogP contribution in [0.4, 0.5) is 4.79 Å². The van der Waals surface area contributed by atoms with Crippen LogP contribution in [0.15, 0.2) is 48.5 Å². The van der Waals surface area contributed by atoms with E-state index in [4.69, 9.17) is 14.6 Å². The lowest BCUT2D eigenvalue weighted by atomic mass is 9.75. The third-order valence-corrected chi connectivity index (χ3v) is 6.79. The Balaban J connectivity index is 1.33. The van der Waals surface area contributed by atoms with E-state index in [2.05, 4.69) is 24.3 Å². The molecule has 156 valence electrons. The van der Waals surface area contributed by atoms with E-state index >= 15 is 0 Å². The van der Waals surface area contributed by atoms with Crippen molar-refractivity contribution in [3.05, 3.63) is 59.7 Å². The van der Waals surface area contributed by atoms with E-state index in [0.717, 1.165) is 19.3 Å². The van der Waals surface area contributed by atoms with Crippen LogP contribution in [0, 0.1) is 0 Å². The zero-order valence-electron chi connectivity index (χ0n) is 16.8. The van der Waals surface area contributed by atoms with Gasteiger partial charge in [-0.25, -0.2) is 4.79 Å². The molecule has 2 aromatic rings. The molecule has 1 atom stereocenters. The van der Waals surface area contributed by atoms with Crippen LogP contribution >= 0.6 is 0 Å². The average molecular weight is 407 g/mol. The van der Waals surface area contributed by atoms with E-state index in [1.54, 1.807) is 4.90 Å². The van der Waals surface area contributed by atoms with Crippen molar-refractivity contribution in [2.24, 2.45) is 0 Å². The van der Waals surface area contributed by atoms with Gasteiger partial charge in [-0.15, -0.1) is 0 Å². The van der Waals surface area contributed by atoms with Gasteiger partial charge < -0.3 is 14.6 Å². The molecule has 0 radical (unpaired) electrons. The standard InChI is InChI=1S/C24H25NO5/c26-22(27)12-16-13-25(24(15-30-16)10-5-11-24)23(28)29-14-21-19-8-3-1-6-17(19)18-7-2-4-9-20(18)21/h1-4,6-9,16,21H,5,10-15H2,(H,26,27). The first-order valence-electron chi connectivity index (χ1n) is 10.5. The van der Waals surface area contributed by atoms with Gasteiger partial charge in [0.2, 0.25) is 0 Å². The number of morpholine rings is 1. The highest BCUT2D eigenvalue weighted by atomic mass is 16.6. The van der Waals surface area contributed by atoms with Crippen molar-refractivity contribution in [2.75, 3.05) is 19.8 Å². The van der Waals surface area contributed by atoms with Crippen LogP contribution in [0.2, 0.25) is 0 Å². The maximum absolute atomic E-state index is 13.1. The van der Waals surface area contributed by atoms with Crippen molar-refractivity contribution in [3.63, 3.8) is 0 Å². The largest absolute Gasteiger partial charge is 0.481 e. The highest BCUT2D eigenvalue weighted by Crippen LogP contribution is 2.45. The topological polar surface area (TPSA) is 76.1 Å². The number of carbonyl (C=O) groups is 2. The van der Waals surface area contributed by atoms with Crippen LogP contribution < -0.4 is 0 Å². The molecular formula is C24H25NO5. The van der Waals surface area contributed by atoms with Gasteiger partial charge in [0.25, 0.3) is 0 Å². The maximum Gasteiger partial charge on any atom is 0.410 e. The summed E-state index contributed by atoms with van der Waals surface area (Å²) in [6.45, 7) is 0.919. The minimum Gasteiger partial charge on any atom is -0.481 e. The number of nitrogens with zero attached hydrogens (tertiary/aromatic N) is 1. The van der Waals surface area contributed by atoms with Crippen LogP contribution in [-0.4, -0.2) is 53.5 Å². The van der Waals surface area contributed by atoms with Crippen LogP contribution in [0.25, 0.3) is 11.1 Å². The number of fused-ring (bicyclic) bond motifs is 3. The molecule has 1 saturated carbocycles. The molecule has 1 unspecified atom stereocenters. The summed E-state index contributed by atoms with van der Waals surface area (Å²) in [6.07, 6.45) is 1.82. The molecule has 0 bridgehead atoms. The Kier molecular flexibility index (Phi) is 4.74. The molecule has 1 N–H and O–H groups in total. The van der Waals surface area contributed by atoms with Crippen molar-refractivity contribution < 1.29 is 24.2 Å². The second-order valence-corrected chi connectivity index (χ2v) is 8.52. The van der Waals surface area contributed by atoms with Crippen molar-refractivity contribution in [3.8, 4) is 11.1 Å². The van der Waals surface area contributed by atoms with E-state index in [9.17, 15) is 9.59 Å². The third kappa shape index (κ3) is 3.16. The second kappa shape index (κ2) is 7.43. The van der Waals surface area contributed by atoms with Crippen LogP contribution in [0.5, 0.6) is 0 Å². The third-order valence-electron chi connectivity index (χ3n) is 6.79. The lowest BCUT2D eigenvalue weighted by Gasteiger charge is -2.53. The zero-order chi connectivity index (χ0) is 20.7. The van der Waals surface area contributed by atoms with E-state index in [1.165, 1.54) is 22.3 Å². The molecule has 1 amide bonds. The quantitative estimate of drug-likeness (QED) is 0.828. The van der Waals surface area contributed by atoms with Crippen LogP contribution in [0.3, 0.4) is 0 Å². The monoisotopic (exact) mass is 407 g/mol. The molecule has 3 aliphatic rings. The van der Waals surface area contributed by atoms with Gasteiger partial charge in [0.1, 0.15) is 6.61 Å². The Morgan fingerprint density at radius 2 is 1.70 bits per heavy atom. The van der Waals surface area contributed by atoms with Crippen molar-refractivity contribution >= 4 is 12.1 Å². The number of carbonyl (C=O) groups excluding carboxylic acids is 1. The summed E-state index contributed by atoms with van der Waals surface area (Å²) < 4.78 is 11.6. The SMILES string of the molecule is O=C(O)CC1CN(C(=O)OCC2c3ccccc3-c3ccccc32)C2(CCC2)CO1. The minimum atomic E-state index is -0.919. The number of carboxylic acid groups (broad SMARTS) is 1. The maximum atomic E-state index is 13.1. The number of carboxylic acids is 1. The fourth-order valence-electron chi connectivity index (χ4n) is 5.06. The number of hydrogen-bond donors (Lipinski definition) is 1. The molecule has 6 heteroatoms. The van der Waals surface area contributed by atoms with E-state index < -0.39 is 12.1 Å². The van der Waals surface area contributed by atoms with Crippen molar-refractivity contribution in [1.29, 1.82) is 0 Å². The Labute approximate surface area is 175 Å². The Bertz CT molecular complexity index is 938. The van der Waals surface area contributed by atoms with Crippen molar-refractivity contribution in [1.82, 2.24) is 4.90 Å². The molecule has 2 aliphatic carbocycles. The van der Waals surface area contributed by atoms with E-state index in [-0.39, 0.29) is 37.1 Å². The number of benzene rings is 2. The number of ether oxygens (including phenoxy) is 2. The van der Waals surface area contributed by atoms with Crippen molar-refractivity contribution in [2.45, 2.75) is 43.2 Å². The van der Waals surface area contributed by atoms with Gasteiger partial charge in [0, 0.05) is 5.92 Å². The summed E-state index contributed by atoms with van der Waals surface area (Å²) in [5.41, 5.74) is 4.40. The molecule has 1 saturated heterocycles. The molecule has 1 spiro atoms. The summed E-state index contributed by atoms with van der Waals surface area (Å²) in [5, 5.41) is 9.11. The van der Waals surface area contributed by atoms with E-state index in [0.29, 0.717) is 6.61 Å². The van der Waals surface area contributed by atoms with Gasteiger partial charge >= 0.3 is 12.1 Å². The van der Waals surface area contributed by atoms with Gasteiger partial charge in [-0.1, -0.05) is 48.5 Å². The second-order valence-electron chi connectivity index (χ2n) is 8.52. The zero-order valence-corrected chi connectivity index (χ0v) is 16.8. The highest BCUT2D eigenvalue weighted by molar-refractivity contribution is 5.79. The lowest BCUT2D eigenvalue weighted by Crippen LogP contribution is -2.65. The lowest BCUT2D eigenvalue weighted by molar-refractivity contribution is -0.154.